The molecule has 0 aromatic rings. The van der Waals surface area contributed by atoms with Crippen LogP contribution in [0.15, 0.2) is 0 Å². The maximum Gasteiger partial charge on any atom is -0.0385 e. The van der Waals surface area contributed by atoms with Gasteiger partial charge in [-0.1, -0.05) is 234 Å². The monoisotopic (exact) mass is 599 g/mol. The summed E-state index contributed by atoms with van der Waals surface area (Å²) in [6.07, 6.45) is 23.4. The van der Waals surface area contributed by atoms with E-state index in [4.69, 9.17) is 0 Å². The lowest BCUT2D eigenvalue weighted by atomic mass is 9.91. The van der Waals surface area contributed by atoms with E-state index in [-0.39, 0.29) is 0 Å². The van der Waals surface area contributed by atoms with Crippen LogP contribution in [0.3, 0.4) is 0 Å². The van der Waals surface area contributed by atoms with Gasteiger partial charge in [0.15, 0.2) is 0 Å². The van der Waals surface area contributed by atoms with Gasteiger partial charge in [-0.2, -0.15) is 0 Å². The van der Waals surface area contributed by atoms with E-state index in [9.17, 15) is 0 Å². The topological polar surface area (TPSA) is 0 Å². The highest BCUT2D eigenvalue weighted by Gasteiger charge is 2.11. The quantitative estimate of drug-likeness (QED) is 0.296. The molecule has 3 fully saturated rings. The molecule has 0 atom stereocenters. The predicted molar refractivity (Wildman–Crippen MR) is 204 cm³/mol. The van der Waals surface area contributed by atoms with Crippen molar-refractivity contribution < 1.29 is 0 Å². The molecule has 3 saturated carbocycles. The molecule has 0 aliphatic heterocycles. The normalized spacial score (nSPS) is 17.1. The van der Waals surface area contributed by atoms with Gasteiger partial charge < -0.3 is 0 Å². The molecular weight excluding hydrogens is 504 g/mol. The van der Waals surface area contributed by atoms with Crippen LogP contribution in [-0.2, 0) is 0 Å². The van der Waals surface area contributed by atoms with Crippen LogP contribution < -0.4 is 0 Å². The first-order chi connectivity index (χ1) is 19.3. The molecule has 0 aromatic carbocycles. The fraction of sp³-hybridized carbons (Fsp3) is 1.00. The van der Waals surface area contributed by atoms with Crippen LogP contribution in [0.4, 0.5) is 0 Å². The Morgan fingerprint density at radius 3 is 0.833 bits per heavy atom. The van der Waals surface area contributed by atoms with Crippen LogP contribution in [0, 0.1) is 40.4 Å². The van der Waals surface area contributed by atoms with Crippen LogP contribution in [0.5, 0.6) is 0 Å². The Bertz CT molecular complexity index is 417. The fourth-order valence-corrected chi connectivity index (χ4v) is 3.86. The van der Waals surface area contributed by atoms with Gasteiger partial charge in [-0.15, -0.1) is 0 Å². The van der Waals surface area contributed by atoms with Gasteiger partial charge in [0.05, 0.1) is 0 Å². The molecular formula is C42H94. The minimum absolute atomic E-state index is 0.500. The van der Waals surface area contributed by atoms with Crippen LogP contribution in [0.1, 0.15) is 234 Å². The Labute approximate surface area is 274 Å². The molecule has 0 heterocycles. The van der Waals surface area contributed by atoms with Gasteiger partial charge in [-0.25, -0.2) is 0 Å². The molecule has 0 amide bonds. The molecule has 0 heteroatoms. The van der Waals surface area contributed by atoms with Crippen LogP contribution in [0.25, 0.3) is 0 Å². The van der Waals surface area contributed by atoms with Gasteiger partial charge in [-0.3, -0.25) is 0 Å². The van der Waals surface area contributed by atoms with Crippen molar-refractivity contribution in [2.75, 3.05) is 0 Å². The Kier molecular flexibility index (Phi) is 43.6. The highest BCUT2D eigenvalue weighted by atomic mass is 14.2. The second-order valence-electron chi connectivity index (χ2n) is 17.1. The van der Waals surface area contributed by atoms with Crippen molar-refractivity contribution >= 4 is 0 Å². The fourth-order valence-electron chi connectivity index (χ4n) is 3.86. The zero-order valence-corrected chi connectivity index (χ0v) is 34.2. The van der Waals surface area contributed by atoms with Crippen LogP contribution in [0.2, 0.25) is 0 Å². The number of rotatable bonds is 2. The highest BCUT2D eigenvalue weighted by molar-refractivity contribution is 4.64. The summed E-state index contributed by atoms with van der Waals surface area (Å²) in [6, 6.07) is 0. The largest absolute Gasteiger partial charge is 0.0683 e. The Morgan fingerprint density at radius 1 is 0.524 bits per heavy atom. The van der Waals surface area contributed by atoms with E-state index >= 15 is 0 Å². The third-order valence-corrected chi connectivity index (χ3v) is 7.47. The molecule has 0 unspecified atom stereocenters. The summed E-state index contributed by atoms with van der Waals surface area (Å²) in [5, 5.41) is 0. The zero-order chi connectivity index (χ0) is 34.2. The third kappa shape index (κ3) is 72.3. The second kappa shape index (κ2) is 35.5. The number of hydrogen-bond donors (Lipinski definition) is 0. The highest BCUT2D eigenvalue weighted by Crippen LogP contribution is 2.26. The van der Waals surface area contributed by atoms with Crippen molar-refractivity contribution in [3.05, 3.63) is 0 Å². The summed E-state index contributed by atoms with van der Waals surface area (Å²) >= 11 is 0. The average molecular weight is 599 g/mol. The van der Waals surface area contributed by atoms with Crippen molar-refractivity contribution in [3.63, 3.8) is 0 Å². The van der Waals surface area contributed by atoms with Gasteiger partial charge >= 0.3 is 0 Å². The average Bonchev–Trinajstić information content (AvgIpc) is 3.59. The van der Waals surface area contributed by atoms with Crippen molar-refractivity contribution in [1.29, 1.82) is 0 Å². The molecule has 0 saturated heterocycles. The smallest absolute Gasteiger partial charge is 0.0385 e. The Morgan fingerprint density at radius 2 is 0.738 bits per heavy atom. The van der Waals surface area contributed by atoms with Gasteiger partial charge in [0.25, 0.3) is 0 Å². The van der Waals surface area contributed by atoms with E-state index < -0.39 is 0 Å². The van der Waals surface area contributed by atoms with E-state index in [0.717, 1.165) is 29.6 Å². The first-order valence-electron chi connectivity index (χ1n) is 19.3. The second-order valence-corrected chi connectivity index (χ2v) is 17.1. The predicted octanol–water partition coefficient (Wildman–Crippen LogP) is 16.6. The summed E-state index contributed by atoms with van der Waals surface area (Å²) in [7, 11) is 0. The molecule has 262 valence electrons. The van der Waals surface area contributed by atoms with Gasteiger partial charge in [-0.05, 0) is 40.4 Å². The van der Waals surface area contributed by atoms with E-state index in [1.165, 1.54) is 103 Å². The van der Waals surface area contributed by atoms with Gasteiger partial charge in [0.1, 0.15) is 0 Å². The first-order valence-corrected chi connectivity index (χ1v) is 19.3. The molecule has 3 aliphatic rings. The third-order valence-electron chi connectivity index (χ3n) is 7.47. The van der Waals surface area contributed by atoms with Crippen molar-refractivity contribution in [3.8, 4) is 0 Å². The van der Waals surface area contributed by atoms with Gasteiger partial charge in [0, 0.05) is 0 Å². The minimum Gasteiger partial charge on any atom is -0.0683 e. The lowest BCUT2D eigenvalue weighted by molar-refractivity contribution is 0.385. The summed E-state index contributed by atoms with van der Waals surface area (Å²) in [4.78, 5) is 0. The maximum atomic E-state index is 2.36. The molecule has 0 aromatic heterocycles. The first kappa shape index (κ1) is 51.6. The molecule has 0 nitrogen and oxygen atoms in total. The summed E-state index contributed by atoms with van der Waals surface area (Å²) < 4.78 is 0. The molecule has 0 N–H and O–H groups in total. The Balaban J connectivity index is -0.000000127. The van der Waals surface area contributed by atoms with E-state index in [1.807, 2.05) is 13.8 Å². The zero-order valence-electron chi connectivity index (χ0n) is 34.2. The maximum absolute atomic E-state index is 2.36. The standard InChI is InChI=1S/2C7H14.C6H12.C6H14.2C5H12.C4H10.C2H6/c1-7-5-3-2-4-6-7;1-2-7-5-3-4-6-7;1-6-4-2-3-5-6;1-5-6(2,3)4;1-5(2,3)4;1-4-5(2)3;1-4(2)3;1-2/h2*7H,2-6H2,1H3;6H,2-5H2,1H3;5H2,1-4H3;1-4H3;5H,4H2,1-3H3;4H,1-3H3;1-2H3. The molecule has 0 radical (unpaired) electrons. The minimum atomic E-state index is 0.500. The van der Waals surface area contributed by atoms with Crippen molar-refractivity contribution in [2.45, 2.75) is 234 Å². The molecule has 0 spiro atoms. The lowest BCUT2D eigenvalue weighted by Crippen LogP contribution is -2.00. The SMILES string of the molecule is CC.CC(C)(C)C.CC(C)C.CC1CCCC1.CC1CCCCC1.CCC(C)(C)C.CCC(C)C.CCC1CCCC1. The lowest BCUT2D eigenvalue weighted by Gasteiger charge is -2.15. The van der Waals surface area contributed by atoms with Crippen LogP contribution >= 0.6 is 0 Å². The molecule has 3 aliphatic carbocycles. The number of hydrogen-bond acceptors (Lipinski definition) is 0. The molecule has 42 heavy (non-hydrogen) atoms. The van der Waals surface area contributed by atoms with E-state index in [2.05, 4.69) is 118 Å². The van der Waals surface area contributed by atoms with Crippen molar-refractivity contribution in [2.24, 2.45) is 40.4 Å². The Hall–Kier alpha value is 0. The summed E-state index contributed by atoms with van der Waals surface area (Å²) in [5.74, 6) is 4.90. The molecule has 3 rings (SSSR count). The van der Waals surface area contributed by atoms with Gasteiger partial charge in [0.2, 0.25) is 0 Å². The van der Waals surface area contributed by atoms with E-state index in [1.54, 1.807) is 0 Å². The molecule has 0 bridgehead atoms. The summed E-state index contributed by atoms with van der Waals surface area (Å²) in [5.41, 5.74) is 1.04. The van der Waals surface area contributed by atoms with E-state index in [0.29, 0.717) is 10.8 Å². The summed E-state index contributed by atoms with van der Waals surface area (Å²) in [6.45, 7) is 41.8. The van der Waals surface area contributed by atoms with Crippen LogP contribution in [-0.4, -0.2) is 0 Å². The van der Waals surface area contributed by atoms with Crippen molar-refractivity contribution in [1.82, 2.24) is 0 Å².